The zero-order valence-electron chi connectivity index (χ0n) is 11.6. The Labute approximate surface area is 127 Å². The third-order valence-corrected chi connectivity index (χ3v) is 3.92. The fourth-order valence-corrected chi connectivity index (χ4v) is 2.88. The number of ether oxygens (including phenoxy) is 1. The molecule has 1 saturated carbocycles. The Balaban J connectivity index is 2.18. The molecule has 21 heavy (non-hydrogen) atoms. The smallest absolute Gasteiger partial charge is 0.312 e. The second kappa shape index (κ2) is 6.29. The summed E-state index contributed by atoms with van der Waals surface area (Å²) in [5.74, 6) is 0.0828. The van der Waals surface area contributed by atoms with Crippen molar-refractivity contribution in [3.8, 4) is 11.8 Å². The minimum atomic E-state index is -0.616. The van der Waals surface area contributed by atoms with Gasteiger partial charge in [0.2, 0.25) is 5.75 Å². The molecule has 2 atom stereocenters. The maximum atomic E-state index is 11.0. The van der Waals surface area contributed by atoms with Crippen molar-refractivity contribution in [2.24, 2.45) is 0 Å². The molecule has 1 aliphatic carbocycles. The molecular weight excluding hydrogens is 294 g/mol. The topological polar surface area (TPSA) is 88.2 Å². The van der Waals surface area contributed by atoms with E-state index in [0.29, 0.717) is 25.8 Å². The number of hydrogen-bond donors (Lipinski definition) is 1. The average molecular weight is 310 g/mol. The largest absolute Gasteiger partial charge is 0.482 e. The monoisotopic (exact) mass is 309 g/mol. The van der Waals surface area contributed by atoms with Crippen molar-refractivity contribution in [2.45, 2.75) is 37.8 Å². The summed E-state index contributed by atoms with van der Waals surface area (Å²) in [7, 11) is 0. The number of para-hydroxylation sites is 1. The van der Waals surface area contributed by atoms with E-state index in [2.05, 4.69) is 11.4 Å². The van der Waals surface area contributed by atoms with Crippen LogP contribution in [0.1, 0.15) is 26.2 Å². The Hall–Kier alpha value is -1.84. The number of benzene rings is 1. The summed E-state index contributed by atoms with van der Waals surface area (Å²) in [6.45, 7) is 2.62. The summed E-state index contributed by atoms with van der Waals surface area (Å²) in [5.41, 5.74) is -0.768. The van der Waals surface area contributed by atoms with Crippen LogP contribution in [0.25, 0.3) is 0 Å². The Morgan fingerprint density at radius 3 is 3.05 bits per heavy atom. The number of nitriles is 1. The van der Waals surface area contributed by atoms with Crippen LogP contribution in [0.5, 0.6) is 5.75 Å². The standard InChI is InChI=1S/C14H16ClN3O3/c1-2-17-14(9-16)7-6-10(8-14)21-13-11(15)4-3-5-12(13)18(19)20/h3-5,10,17H,2,6-8H2,1H3. The lowest BCUT2D eigenvalue weighted by Gasteiger charge is -2.22. The second-order valence-electron chi connectivity index (χ2n) is 5.05. The van der Waals surface area contributed by atoms with Crippen LogP contribution >= 0.6 is 11.6 Å². The van der Waals surface area contributed by atoms with Gasteiger partial charge in [-0.2, -0.15) is 5.26 Å². The van der Waals surface area contributed by atoms with E-state index in [0.717, 1.165) is 0 Å². The number of hydrogen-bond acceptors (Lipinski definition) is 5. The molecule has 0 radical (unpaired) electrons. The highest BCUT2D eigenvalue weighted by molar-refractivity contribution is 6.32. The normalized spacial score (nSPS) is 24.5. The first-order valence-corrected chi connectivity index (χ1v) is 7.15. The van der Waals surface area contributed by atoms with E-state index in [1.54, 1.807) is 6.07 Å². The van der Waals surface area contributed by atoms with E-state index in [4.69, 9.17) is 16.3 Å². The summed E-state index contributed by atoms with van der Waals surface area (Å²) in [6.07, 6.45) is 1.53. The van der Waals surface area contributed by atoms with Gasteiger partial charge in [0, 0.05) is 12.5 Å². The molecule has 1 N–H and O–H groups in total. The molecule has 0 heterocycles. The molecule has 0 amide bonds. The fraction of sp³-hybridized carbons (Fsp3) is 0.500. The molecule has 112 valence electrons. The van der Waals surface area contributed by atoms with Crippen LogP contribution in [0.4, 0.5) is 5.69 Å². The van der Waals surface area contributed by atoms with Gasteiger partial charge in [-0.25, -0.2) is 0 Å². The van der Waals surface area contributed by atoms with Crippen LogP contribution in [0.15, 0.2) is 18.2 Å². The van der Waals surface area contributed by atoms with Gasteiger partial charge in [0.05, 0.1) is 16.0 Å². The van der Waals surface area contributed by atoms with Gasteiger partial charge < -0.3 is 4.74 Å². The van der Waals surface area contributed by atoms with Crippen LogP contribution in [-0.2, 0) is 0 Å². The average Bonchev–Trinajstić information content (AvgIpc) is 2.85. The first kappa shape index (κ1) is 15.5. The van der Waals surface area contributed by atoms with Gasteiger partial charge in [0.1, 0.15) is 11.6 Å². The lowest BCUT2D eigenvalue weighted by molar-refractivity contribution is -0.386. The van der Waals surface area contributed by atoms with Gasteiger partial charge in [-0.15, -0.1) is 0 Å². The van der Waals surface area contributed by atoms with Crippen LogP contribution in [0.2, 0.25) is 5.02 Å². The molecular formula is C14H16ClN3O3. The number of rotatable bonds is 5. The number of nitrogens with one attached hydrogen (secondary N) is 1. The van der Waals surface area contributed by atoms with E-state index in [1.165, 1.54) is 12.1 Å². The Kier molecular flexibility index (Phi) is 4.66. The molecule has 0 aliphatic heterocycles. The number of nitro benzene ring substituents is 1. The Morgan fingerprint density at radius 1 is 1.67 bits per heavy atom. The predicted molar refractivity (Wildman–Crippen MR) is 78.4 cm³/mol. The van der Waals surface area contributed by atoms with E-state index >= 15 is 0 Å². The predicted octanol–water partition coefficient (Wildman–Crippen LogP) is 3.05. The number of halogens is 1. The number of nitro groups is 1. The molecule has 0 bridgehead atoms. The first-order valence-electron chi connectivity index (χ1n) is 6.77. The quantitative estimate of drug-likeness (QED) is 0.667. The zero-order valence-corrected chi connectivity index (χ0v) is 12.4. The third kappa shape index (κ3) is 3.26. The summed E-state index contributed by atoms with van der Waals surface area (Å²) < 4.78 is 5.74. The molecule has 7 heteroatoms. The van der Waals surface area contributed by atoms with Gasteiger partial charge in [0.25, 0.3) is 0 Å². The summed E-state index contributed by atoms with van der Waals surface area (Å²) >= 11 is 6.01. The van der Waals surface area contributed by atoms with Crippen molar-refractivity contribution in [3.05, 3.63) is 33.3 Å². The maximum Gasteiger partial charge on any atom is 0.312 e. The molecule has 1 fully saturated rings. The summed E-state index contributed by atoms with van der Waals surface area (Å²) in [5, 5.41) is 23.7. The molecule has 0 aromatic heterocycles. The van der Waals surface area contributed by atoms with Crippen LogP contribution in [0.3, 0.4) is 0 Å². The molecule has 1 aromatic rings. The Bertz CT molecular complexity index is 587. The summed E-state index contributed by atoms with van der Waals surface area (Å²) in [6, 6.07) is 6.72. The molecule has 6 nitrogen and oxygen atoms in total. The van der Waals surface area contributed by atoms with Crippen LogP contribution < -0.4 is 10.1 Å². The molecule has 0 saturated heterocycles. The van der Waals surface area contributed by atoms with Crippen LogP contribution in [-0.4, -0.2) is 23.1 Å². The van der Waals surface area contributed by atoms with Gasteiger partial charge in [-0.3, -0.25) is 15.4 Å². The van der Waals surface area contributed by atoms with Crippen molar-refractivity contribution in [1.29, 1.82) is 5.26 Å². The minimum absolute atomic E-state index is 0.0828. The van der Waals surface area contributed by atoms with Crippen molar-refractivity contribution >= 4 is 17.3 Å². The zero-order chi connectivity index (χ0) is 15.5. The lowest BCUT2D eigenvalue weighted by atomic mass is 10.00. The highest BCUT2D eigenvalue weighted by Gasteiger charge is 2.40. The first-order chi connectivity index (χ1) is 10.0. The van der Waals surface area contributed by atoms with Crippen molar-refractivity contribution in [1.82, 2.24) is 5.32 Å². The van der Waals surface area contributed by atoms with Crippen LogP contribution in [0, 0.1) is 21.4 Å². The lowest BCUT2D eigenvalue weighted by Crippen LogP contribution is -2.42. The number of nitrogens with zero attached hydrogens (tertiary/aromatic N) is 2. The SMILES string of the molecule is CCNC1(C#N)CCC(Oc2c(Cl)cccc2[N+](=O)[O-])C1. The van der Waals surface area contributed by atoms with Gasteiger partial charge in [-0.1, -0.05) is 24.6 Å². The third-order valence-electron chi connectivity index (χ3n) is 3.63. The molecule has 2 rings (SSSR count). The highest BCUT2D eigenvalue weighted by atomic mass is 35.5. The van der Waals surface area contributed by atoms with E-state index in [1.807, 2.05) is 6.92 Å². The second-order valence-corrected chi connectivity index (χ2v) is 5.46. The molecule has 1 aliphatic rings. The summed E-state index contributed by atoms with van der Waals surface area (Å²) in [4.78, 5) is 10.5. The molecule has 1 aromatic carbocycles. The van der Waals surface area contributed by atoms with Crippen molar-refractivity contribution < 1.29 is 9.66 Å². The van der Waals surface area contributed by atoms with E-state index < -0.39 is 10.5 Å². The van der Waals surface area contributed by atoms with Gasteiger partial charge >= 0.3 is 5.69 Å². The molecule has 0 spiro atoms. The van der Waals surface area contributed by atoms with Gasteiger partial charge in [0.15, 0.2) is 0 Å². The van der Waals surface area contributed by atoms with E-state index in [9.17, 15) is 15.4 Å². The Morgan fingerprint density at radius 2 is 2.43 bits per heavy atom. The van der Waals surface area contributed by atoms with Crippen molar-refractivity contribution in [3.63, 3.8) is 0 Å². The highest BCUT2D eigenvalue weighted by Crippen LogP contribution is 2.39. The van der Waals surface area contributed by atoms with Crippen molar-refractivity contribution in [2.75, 3.05) is 6.54 Å². The van der Waals surface area contributed by atoms with E-state index in [-0.39, 0.29) is 22.6 Å². The molecule has 2 unspecified atom stereocenters. The van der Waals surface area contributed by atoms with Gasteiger partial charge in [-0.05, 0) is 25.5 Å². The minimum Gasteiger partial charge on any atom is -0.482 e. The maximum absolute atomic E-state index is 11.0. The fourth-order valence-electron chi connectivity index (χ4n) is 2.67.